The molecule has 3 aromatic rings. The predicted octanol–water partition coefficient (Wildman–Crippen LogP) is 4.68. The third-order valence-electron chi connectivity index (χ3n) is 6.38. The number of carbonyl (C=O) groups excluding carboxylic acids is 1. The molecule has 2 aliphatic heterocycles. The Labute approximate surface area is 218 Å². The molecule has 35 heavy (non-hydrogen) atoms. The number of aromatic nitrogens is 2. The number of carbonyl (C=O) groups is 1. The van der Waals surface area contributed by atoms with E-state index < -0.39 is 10.2 Å². The quantitative estimate of drug-likeness (QED) is 0.458. The van der Waals surface area contributed by atoms with Crippen molar-refractivity contribution in [3.8, 4) is 0 Å². The highest BCUT2D eigenvalue weighted by Gasteiger charge is 2.38. The van der Waals surface area contributed by atoms with Gasteiger partial charge in [0.2, 0.25) is 0 Å². The van der Waals surface area contributed by atoms with Gasteiger partial charge in [0.05, 0.1) is 27.2 Å². The van der Waals surface area contributed by atoms with E-state index in [2.05, 4.69) is 10.4 Å². The zero-order valence-electron chi connectivity index (χ0n) is 18.9. The highest BCUT2D eigenvalue weighted by molar-refractivity contribution is 7.86. The smallest absolute Gasteiger partial charge is 0.281 e. The molecule has 0 aliphatic carbocycles. The van der Waals surface area contributed by atoms with Crippen LogP contribution in [0.25, 0.3) is 0 Å². The molecular formula is C23H25Cl2N5O3S2. The summed E-state index contributed by atoms with van der Waals surface area (Å²) < 4.78 is 31.1. The van der Waals surface area contributed by atoms with Crippen molar-refractivity contribution < 1.29 is 13.2 Å². The van der Waals surface area contributed by atoms with E-state index in [1.807, 2.05) is 18.2 Å². The van der Waals surface area contributed by atoms with E-state index in [0.29, 0.717) is 65.6 Å². The largest absolute Gasteiger partial charge is 0.365 e. The summed E-state index contributed by atoms with van der Waals surface area (Å²) in [7, 11) is -3.47. The molecule has 5 rings (SSSR count). The maximum atomic E-state index is 13.4. The Bertz CT molecular complexity index is 1330. The van der Waals surface area contributed by atoms with Gasteiger partial charge in [-0.1, -0.05) is 35.3 Å². The number of anilines is 1. The summed E-state index contributed by atoms with van der Waals surface area (Å²) in [6.45, 7) is 2.40. The van der Waals surface area contributed by atoms with Crippen LogP contribution < -0.4 is 5.32 Å². The second-order valence-electron chi connectivity index (χ2n) is 8.67. The molecule has 1 atom stereocenters. The number of nitrogens with zero attached hydrogens (tertiary/aromatic N) is 4. The number of halogens is 2. The lowest BCUT2D eigenvalue weighted by atomic mass is 10.1. The highest BCUT2D eigenvalue weighted by Crippen LogP contribution is 2.32. The van der Waals surface area contributed by atoms with E-state index in [1.165, 1.54) is 16.0 Å². The standard InChI is InChI=1S/C23H25Cl2N5O3S2/c24-19-6-2-1-5-18(19)23(31)30-22(26-14-17-7-8-21(25)34-17)13-20(27-30)16-9-12-29(15-16)35(32,33)28-10-3-4-11-28/h1-2,5-8,13,16,26H,3-4,9-12,14-15H2. The third-order valence-corrected chi connectivity index (χ3v) is 9.95. The molecule has 12 heteroatoms. The average molecular weight is 555 g/mol. The summed E-state index contributed by atoms with van der Waals surface area (Å²) in [5.41, 5.74) is 1.02. The van der Waals surface area contributed by atoms with Gasteiger partial charge in [0, 0.05) is 43.0 Å². The molecule has 0 radical (unpaired) electrons. The van der Waals surface area contributed by atoms with E-state index in [-0.39, 0.29) is 11.8 Å². The van der Waals surface area contributed by atoms with Gasteiger partial charge in [0.25, 0.3) is 16.1 Å². The monoisotopic (exact) mass is 553 g/mol. The summed E-state index contributed by atoms with van der Waals surface area (Å²) in [6.07, 6.45) is 2.44. The molecule has 1 unspecified atom stereocenters. The van der Waals surface area contributed by atoms with Crippen LogP contribution in [0.2, 0.25) is 9.36 Å². The summed E-state index contributed by atoms with van der Waals surface area (Å²) >= 11 is 13.8. The predicted molar refractivity (Wildman–Crippen MR) is 139 cm³/mol. The average Bonchev–Trinajstić information content (AvgIpc) is 3.64. The zero-order chi connectivity index (χ0) is 24.6. The van der Waals surface area contributed by atoms with Crippen LogP contribution in [-0.2, 0) is 16.8 Å². The SMILES string of the molecule is O=C(c1ccccc1Cl)n1nc(C2CCN(S(=O)(=O)N3CCCC3)C2)cc1NCc1ccc(Cl)s1. The Kier molecular flexibility index (Phi) is 7.20. The maximum absolute atomic E-state index is 13.4. The van der Waals surface area contributed by atoms with Gasteiger partial charge in [-0.2, -0.15) is 26.8 Å². The number of benzene rings is 1. The fourth-order valence-corrected chi connectivity index (χ4v) is 7.51. The van der Waals surface area contributed by atoms with Gasteiger partial charge in [-0.25, -0.2) is 0 Å². The van der Waals surface area contributed by atoms with Gasteiger partial charge < -0.3 is 5.32 Å². The summed E-state index contributed by atoms with van der Waals surface area (Å²) in [5.74, 6) is 0.0628. The molecule has 1 N–H and O–H groups in total. The van der Waals surface area contributed by atoms with Gasteiger partial charge >= 0.3 is 0 Å². The number of hydrogen-bond donors (Lipinski definition) is 1. The molecule has 186 valence electrons. The third kappa shape index (κ3) is 5.14. The van der Waals surface area contributed by atoms with Crippen LogP contribution in [0.3, 0.4) is 0 Å². The molecule has 1 aromatic carbocycles. The molecule has 8 nitrogen and oxygen atoms in total. The Morgan fingerprint density at radius 2 is 1.86 bits per heavy atom. The fourth-order valence-electron chi connectivity index (χ4n) is 4.51. The Hall–Kier alpha value is -1.95. The minimum atomic E-state index is -3.47. The maximum Gasteiger partial charge on any atom is 0.281 e. The number of hydrogen-bond acceptors (Lipinski definition) is 6. The van der Waals surface area contributed by atoms with Crippen LogP contribution in [0.4, 0.5) is 5.82 Å². The van der Waals surface area contributed by atoms with Crippen molar-refractivity contribution in [3.63, 3.8) is 0 Å². The molecule has 2 fully saturated rings. The number of thiophene rings is 1. The van der Waals surface area contributed by atoms with Crippen molar-refractivity contribution in [2.45, 2.75) is 31.7 Å². The lowest BCUT2D eigenvalue weighted by molar-refractivity contribution is 0.0947. The zero-order valence-corrected chi connectivity index (χ0v) is 22.0. The summed E-state index contributed by atoms with van der Waals surface area (Å²) in [4.78, 5) is 14.4. The van der Waals surface area contributed by atoms with Crippen LogP contribution in [0.1, 0.15) is 46.1 Å². The Morgan fingerprint density at radius 3 is 2.57 bits per heavy atom. The lowest BCUT2D eigenvalue weighted by Crippen LogP contribution is -2.41. The van der Waals surface area contributed by atoms with Crippen LogP contribution >= 0.6 is 34.5 Å². The molecule has 0 bridgehead atoms. The molecule has 0 saturated carbocycles. The second-order valence-corrected chi connectivity index (χ2v) is 12.8. The topological polar surface area (TPSA) is 87.5 Å². The van der Waals surface area contributed by atoms with E-state index >= 15 is 0 Å². The first kappa shape index (κ1) is 24.7. The molecule has 2 aliphatic rings. The van der Waals surface area contributed by atoms with E-state index in [4.69, 9.17) is 23.2 Å². The van der Waals surface area contributed by atoms with Gasteiger partial charge in [0.15, 0.2) is 0 Å². The van der Waals surface area contributed by atoms with Crippen molar-refractivity contribution in [1.82, 2.24) is 18.4 Å². The minimum absolute atomic E-state index is 0.107. The van der Waals surface area contributed by atoms with Crippen LogP contribution in [0, 0.1) is 0 Å². The summed E-state index contributed by atoms with van der Waals surface area (Å²) in [5, 5.41) is 8.26. The van der Waals surface area contributed by atoms with E-state index in [1.54, 1.807) is 32.9 Å². The lowest BCUT2D eigenvalue weighted by Gasteiger charge is -2.23. The normalized spacial score (nSPS) is 19.4. The van der Waals surface area contributed by atoms with Gasteiger partial charge in [-0.3, -0.25) is 4.79 Å². The first-order chi connectivity index (χ1) is 16.8. The molecular weight excluding hydrogens is 529 g/mol. The van der Waals surface area contributed by atoms with Gasteiger partial charge in [0.1, 0.15) is 5.82 Å². The van der Waals surface area contributed by atoms with Crippen LogP contribution in [0.15, 0.2) is 42.5 Å². The molecule has 0 spiro atoms. The van der Waals surface area contributed by atoms with E-state index in [0.717, 1.165) is 17.7 Å². The van der Waals surface area contributed by atoms with Crippen molar-refractivity contribution in [2.24, 2.45) is 0 Å². The van der Waals surface area contributed by atoms with E-state index in [9.17, 15) is 13.2 Å². The van der Waals surface area contributed by atoms with Crippen molar-refractivity contribution in [2.75, 3.05) is 31.5 Å². The summed E-state index contributed by atoms with van der Waals surface area (Å²) in [6, 6.07) is 12.4. The number of nitrogens with one attached hydrogen (secondary N) is 1. The number of rotatable bonds is 7. The highest BCUT2D eigenvalue weighted by atomic mass is 35.5. The van der Waals surface area contributed by atoms with Gasteiger partial charge in [-0.05, 0) is 43.5 Å². The van der Waals surface area contributed by atoms with Crippen molar-refractivity contribution in [1.29, 1.82) is 0 Å². The van der Waals surface area contributed by atoms with Crippen LogP contribution in [-0.4, -0.2) is 58.9 Å². The van der Waals surface area contributed by atoms with Crippen LogP contribution in [0.5, 0.6) is 0 Å². The van der Waals surface area contributed by atoms with Gasteiger partial charge in [-0.15, -0.1) is 11.3 Å². The molecule has 4 heterocycles. The van der Waals surface area contributed by atoms with Crippen molar-refractivity contribution >= 4 is 56.5 Å². The first-order valence-corrected chi connectivity index (χ1v) is 14.4. The Balaban J connectivity index is 1.41. The minimum Gasteiger partial charge on any atom is -0.365 e. The molecule has 0 amide bonds. The Morgan fingerprint density at radius 1 is 1.09 bits per heavy atom. The first-order valence-electron chi connectivity index (χ1n) is 11.5. The molecule has 2 saturated heterocycles. The second kappa shape index (κ2) is 10.2. The van der Waals surface area contributed by atoms with Crippen molar-refractivity contribution in [3.05, 3.63) is 68.0 Å². The fraction of sp³-hybridized carbons (Fsp3) is 0.391. The molecule has 2 aromatic heterocycles.